The lowest BCUT2D eigenvalue weighted by atomic mass is 10.1. The van der Waals surface area contributed by atoms with E-state index in [1.807, 2.05) is 64.8 Å². The van der Waals surface area contributed by atoms with Crippen LogP contribution in [0.25, 0.3) is 16.5 Å². The molecule has 0 saturated heterocycles. The first-order valence-electron chi connectivity index (χ1n) is 15.0. The van der Waals surface area contributed by atoms with E-state index < -0.39 is 0 Å². The summed E-state index contributed by atoms with van der Waals surface area (Å²) in [6.45, 7) is 16.9. The van der Waals surface area contributed by atoms with Gasteiger partial charge in [-0.25, -0.2) is 4.39 Å². The Labute approximate surface area is 269 Å². The minimum Gasteiger partial charge on any atom is -0.400 e. The van der Waals surface area contributed by atoms with Crippen LogP contribution < -0.4 is 10.6 Å². The lowest BCUT2D eigenvalue weighted by molar-refractivity contribution is -0.125. The van der Waals surface area contributed by atoms with Gasteiger partial charge in [-0.05, 0) is 65.2 Å². The van der Waals surface area contributed by atoms with Crippen LogP contribution in [0.2, 0.25) is 0 Å². The largest absolute Gasteiger partial charge is 0.400 e. The maximum absolute atomic E-state index is 13.9. The number of carbonyl (C=O) groups excluding carboxylic acids is 2. The Hall–Kier alpha value is -4.17. The van der Waals surface area contributed by atoms with Gasteiger partial charge >= 0.3 is 0 Å². The summed E-state index contributed by atoms with van der Waals surface area (Å²) in [5.74, 6) is 2.28. The molecule has 0 aliphatic rings. The summed E-state index contributed by atoms with van der Waals surface area (Å²) in [6.07, 6.45) is 8.97. The molecule has 0 radical (unpaired) electrons. The number of amides is 1. The summed E-state index contributed by atoms with van der Waals surface area (Å²) in [4.78, 5) is 28.1. The Kier molecular flexibility index (Phi) is 25.1. The van der Waals surface area contributed by atoms with E-state index in [9.17, 15) is 14.0 Å². The number of H-pyrrole nitrogens is 1. The zero-order valence-corrected chi connectivity index (χ0v) is 28.4. The lowest BCUT2D eigenvalue weighted by Gasteiger charge is -2.31. The summed E-state index contributed by atoms with van der Waals surface area (Å²) in [5, 5.41) is 20.8. The number of fused-ring (bicyclic) bond motifs is 1. The molecule has 248 valence electrons. The van der Waals surface area contributed by atoms with Crippen LogP contribution in [0.15, 0.2) is 53.5 Å². The third-order valence-electron chi connectivity index (χ3n) is 6.51. The fourth-order valence-electron chi connectivity index (χ4n) is 3.89. The third kappa shape index (κ3) is 14.9. The topological polar surface area (TPSA) is 123 Å². The van der Waals surface area contributed by atoms with Gasteiger partial charge < -0.3 is 20.7 Å². The number of aromatic nitrogens is 2. The van der Waals surface area contributed by atoms with Crippen LogP contribution in [-0.2, 0) is 11.3 Å². The number of hydrogen-bond acceptors (Lipinski definition) is 7. The first kappa shape index (κ1) is 43.0. The Balaban J connectivity index is 0. The molecule has 1 unspecified atom stereocenters. The molecule has 0 saturated carbocycles. The third-order valence-corrected chi connectivity index (χ3v) is 6.51. The van der Waals surface area contributed by atoms with Gasteiger partial charge in [0.2, 0.25) is 5.91 Å². The number of aliphatic hydroxyl groups excluding tert-OH is 1. The van der Waals surface area contributed by atoms with E-state index in [0.29, 0.717) is 35.5 Å². The van der Waals surface area contributed by atoms with Gasteiger partial charge in [-0.15, -0.1) is 6.42 Å². The summed E-state index contributed by atoms with van der Waals surface area (Å²) < 4.78 is 13.9. The maximum Gasteiger partial charge on any atom is 0.236 e. The predicted molar refractivity (Wildman–Crippen MR) is 187 cm³/mol. The molecule has 10 heteroatoms. The summed E-state index contributed by atoms with van der Waals surface area (Å²) >= 11 is 0. The summed E-state index contributed by atoms with van der Waals surface area (Å²) in [5.41, 5.74) is 3.52. The van der Waals surface area contributed by atoms with Crippen molar-refractivity contribution >= 4 is 35.4 Å². The van der Waals surface area contributed by atoms with Gasteiger partial charge in [-0.2, -0.15) is 5.10 Å². The van der Waals surface area contributed by atoms with Crippen molar-refractivity contribution in [2.45, 2.75) is 66.6 Å². The molecule has 0 aliphatic heterocycles. The minimum absolute atomic E-state index is 0.0581. The number of likely N-dealkylation sites (N-methyl/N-ethyl adjacent to an activating group) is 2. The average Bonchev–Trinajstić information content (AvgIpc) is 3.52. The summed E-state index contributed by atoms with van der Waals surface area (Å²) in [6, 6.07) is 12.0. The molecule has 1 heterocycles. The Morgan fingerprint density at radius 3 is 2.31 bits per heavy atom. The van der Waals surface area contributed by atoms with E-state index in [1.165, 1.54) is 6.07 Å². The van der Waals surface area contributed by atoms with Crippen molar-refractivity contribution in [2.75, 3.05) is 34.3 Å². The number of aldehydes is 1. The number of aliphatic hydroxyl groups is 1. The van der Waals surface area contributed by atoms with Gasteiger partial charge in [-0.1, -0.05) is 51.0 Å². The Morgan fingerprint density at radius 2 is 1.84 bits per heavy atom. The highest BCUT2D eigenvalue weighted by Gasteiger charge is 2.23. The van der Waals surface area contributed by atoms with Crippen LogP contribution in [0.4, 0.5) is 4.39 Å². The smallest absolute Gasteiger partial charge is 0.236 e. The molecule has 3 rings (SSSR count). The number of terminal acetylenes is 1. The second-order valence-corrected chi connectivity index (χ2v) is 9.09. The molecule has 9 nitrogen and oxygen atoms in total. The number of hydrogen-bond donors (Lipinski definition) is 4. The normalized spacial score (nSPS) is 11.4. The number of aromatic amines is 1. The van der Waals surface area contributed by atoms with Gasteiger partial charge in [0.05, 0.1) is 11.6 Å². The van der Waals surface area contributed by atoms with E-state index >= 15 is 0 Å². The number of aliphatic imine (C=N–C) groups is 1. The van der Waals surface area contributed by atoms with Gasteiger partial charge in [0.1, 0.15) is 17.8 Å². The van der Waals surface area contributed by atoms with E-state index in [1.54, 1.807) is 31.3 Å². The van der Waals surface area contributed by atoms with Crippen molar-refractivity contribution in [3.05, 3.63) is 71.2 Å². The minimum atomic E-state index is -0.308. The number of rotatable bonds is 11. The average molecular weight is 625 g/mol. The molecule has 0 bridgehead atoms. The van der Waals surface area contributed by atoms with Crippen LogP contribution in [0.3, 0.4) is 0 Å². The quantitative estimate of drug-likeness (QED) is 0.127. The standard InChI is InChI=1S/C16H26FN3O.C13H10N2O.C3H7N.C2H6.CH4O/c1-5-14(18-3)11-20(12(2)16(21)19-4)10-13-8-6-7-9-15(13)17;1-3-10(4-2)13-11-7-9(8-16)5-6-12(11)14-15-13;1-3-4-2;2*1-2/h6-9,12,14,18H,5,10-11H2,1-4H3,(H,19,21);1,4-8H,2H3,(H,14,15);2-3H2,1H3;1-2H3;2H,1H3/b;10-4+;;;/t12?,14-;;;;/m1..../s1. The van der Waals surface area contributed by atoms with E-state index in [0.717, 1.165) is 37.3 Å². The van der Waals surface area contributed by atoms with Gasteiger partial charge in [-0.3, -0.25) is 19.6 Å². The Bertz CT molecular complexity index is 1330. The molecule has 45 heavy (non-hydrogen) atoms. The first-order valence-corrected chi connectivity index (χ1v) is 15.0. The zero-order valence-electron chi connectivity index (χ0n) is 28.4. The SMILES string of the molecule is C#C/C(=C\C)c1n[nH]c2ccc(C=O)cc12.C=NCC.CC.CC[C@H](CN(Cc1ccccc1F)C(C)C(=O)NC)NC.CO. The van der Waals surface area contributed by atoms with Crippen molar-refractivity contribution in [3.8, 4) is 12.3 Å². The summed E-state index contributed by atoms with van der Waals surface area (Å²) in [7, 11) is 4.52. The van der Waals surface area contributed by atoms with Crippen LogP contribution in [0, 0.1) is 18.2 Å². The molecule has 0 aliphatic carbocycles. The fourth-order valence-corrected chi connectivity index (χ4v) is 3.89. The van der Waals surface area contributed by atoms with Crippen LogP contribution in [-0.4, -0.2) is 85.5 Å². The number of nitrogens with one attached hydrogen (secondary N) is 3. The molecule has 0 fully saturated rings. The number of halogens is 1. The molecule has 3 aromatic rings. The molecular formula is C35H53FN6O3. The molecule has 0 spiro atoms. The van der Waals surface area contributed by atoms with Gasteiger partial charge in [0.25, 0.3) is 0 Å². The predicted octanol–water partition coefficient (Wildman–Crippen LogP) is 5.51. The van der Waals surface area contributed by atoms with E-state index in [2.05, 4.69) is 45.4 Å². The van der Waals surface area contributed by atoms with Crippen molar-refractivity contribution in [2.24, 2.45) is 4.99 Å². The fraction of sp³-hybridized carbons (Fsp3) is 0.429. The second-order valence-electron chi connectivity index (χ2n) is 9.09. The first-order chi connectivity index (χ1) is 21.7. The molecule has 1 amide bonds. The van der Waals surface area contributed by atoms with E-state index in [4.69, 9.17) is 11.5 Å². The maximum atomic E-state index is 13.9. The van der Waals surface area contributed by atoms with Crippen molar-refractivity contribution in [3.63, 3.8) is 0 Å². The van der Waals surface area contributed by atoms with Gasteiger partial charge in [0, 0.05) is 61.9 Å². The van der Waals surface area contributed by atoms with Crippen LogP contribution in [0.1, 0.15) is 69.6 Å². The number of nitrogens with zero attached hydrogens (tertiary/aromatic N) is 3. The lowest BCUT2D eigenvalue weighted by Crippen LogP contribution is -2.48. The monoisotopic (exact) mass is 624 g/mol. The van der Waals surface area contributed by atoms with E-state index in [-0.39, 0.29) is 23.8 Å². The second kappa shape index (κ2) is 26.3. The molecule has 2 atom stereocenters. The van der Waals surface area contributed by atoms with Crippen LogP contribution in [0.5, 0.6) is 0 Å². The highest BCUT2D eigenvalue weighted by molar-refractivity contribution is 5.96. The molecule has 2 aromatic carbocycles. The molecular weight excluding hydrogens is 571 g/mol. The van der Waals surface area contributed by atoms with Crippen LogP contribution >= 0.6 is 0 Å². The number of benzene rings is 2. The Morgan fingerprint density at radius 1 is 1.22 bits per heavy atom. The van der Waals surface area contributed by atoms with Gasteiger partial charge in [0.15, 0.2) is 0 Å². The molecule has 1 aromatic heterocycles. The van der Waals surface area contributed by atoms with Crippen molar-refractivity contribution < 1.29 is 19.1 Å². The number of carbonyl (C=O) groups is 2. The van der Waals surface area contributed by atoms with Crippen molar-refractivity contribution in [1.82, 2.24) is 25.7 Å². The zero-order chi connectivity index (χ0) is 34.8. The molecule has 4 N–H and O–H groups in total. The highest BCUT2D eigenvalue weighted by atomic mass is 19.1. The van der Waals surface area contributed by atoms with Crippen molar-refractivity contribution in [1.29, 1.82) is 0 Å². The highest BCUT2D eigenvalue weighted by Crippen LogP contribution is 2.23. The number of allylic oxidation sites excluding steroid dienone is 2.